The molecule has 1 aromatic carbocycles. The second-order valence-corrected chi connectivity index (χ2v) is 10.8. The zero-order chi connectivity index (χ0) is 23.8. The molecule has 33 heavy (non-hydrogen) atoms. The Morgan fingerprint density at radius 3 is 2.48 bits per heavy atom. The molecule has 1 amide bonds. The fourth-order valence-corrected chi connectivity index (χ4v) is 5.88. The van der Waals surface area contributed by atoms with Gasteiger partial charge in [-0.15, -0.1) is 5.10 Å². The number of alkyl halides is 3. The summed E-state index contributed by atoms with van der Waals surface area (Å²) in [5.74, 6) is -0.991. The summed E-state index contributed by atoms with van der Waals surface area (Å²) in [7, 11) is 0. The van der Waals surface area contributed by atoms with E-state index < -0.39 is 17.8 Å². The number of fused-ring (bicyclic) bond motifs is 3. The van der Waals surface area contributed by atoms with Gasteiger partial charge in [0.15, 0.2) is 5.69 Å². The van der Waals surface area contributed by atoms with E-state index in [0.717, 1.165) is 25.3 Å². The highest BCUT2D eigenvalue weighted by molar-refractivity contribution is 6.30. The molecule has 10 heteroatoms. The van der Waals surface area contributed by atoms with Crippen LogP contribution in [0.5, 0.6) is 0 Å². The SMILES string of the molecule is CC1(C)C[C@H]2C[C@@](C)(CN2C(=O)c2nc3nc(-c4ccc(Cl)cc4)cc(C(F)(F)F)n3n2)C1. The van der Waals surface area contributed by atoms with Gasteiger partial charge in [-0.05, 0) is 48.3 Å². The molecule has 2 atom stereocenters. The highest BCUT2D eigenvalue weighted by atomic mass is 35.5. The average molecular weight is 478 g/mol. The molecule has 5 rings (SSSR count). The number of benzene rings is 1. The van der Waals surface area contributed by atoms with Gasteiger partial charge >= 0.3 is 6.18 Å². The largest absolute Gasteiger partial charge is 0.433 e. The van der Waals surface area contributed by atoms with E-state index in [1.54, 1.807) is 29.2 Å². The normalized spacial score (nSPS) is 24.5. The van der Waals surface area contributed by atoms with E-state index in [2.05, 4.69) is 35.8 Å². The Morgan fingerprint density at radius 1 is 1.12 bits per heavy atom. The lowest BCUT2D eigenvalue weighted by Crippen LogP contribution is -2.38. The average Bonchev–Trinajstić information content (AvgIpc) is 3.23. The van der Waals surface area contributed by atoms with E-state index in [1.165, 1.54) is 0 Å². The van der Waals surface area contributed by atoms with Crippen LogP contribution in [0.4, 0.5) is 13.2 Å². The number of rotatable bonds is 2. The molecule has 1 saturated heterocycles. The van der Waals surface area contributed by atoms with Crippen LogP contribution in [0.25, 0.3) is 17.0 Å². The second kappa shape index (κ2) is 7.16. The van der Waals surface area contributed by atoms with Crippen LogP contribution < -0.4 is 0 Å². The first-order valence-corrected chi connectivity index (χ1v) is 11.1. The number of likely N-dealkylation sites (tertiary alicyclic amines) is 1. The lowest BCUT2D eigenvalue weighted by molar-refractivity contribution is -0.142. The van der Waals surface area contributed by atoms with Gasteiger partial charge in [-0.2, -0.15) is 22.7 Å². The summed E-state index contributed by atoms with van der Waals surface area (Å²) < 4.78 is 42.2. The number of hydrogen-bond donors (Lipinski definition) is 0. The van der Waals surface area contributed by atoms with Gasteiger partial charge in [-0.1, -0.05) is 44.5 Å². The Kier molecular flexibility index (Phi) is 4.80. The van der Waals surface area contributed by atoms with Crippen LogP contribution in [0, 0.1) is 10.8 Å². The molecular formula is C23H23ClF3N5O. The number of nitrogens with zero attached hydrogens (tertiary/aromatic N) is 5. The van der Waals surface area contributed by atoms with E-state index in [4.69, 9.17) is 11.6 Å². The fourth-order valence-electron chi connectivity index (χ4n) is 5.76. The minimum atomic E-state index is -4.71. The van der Waals surface area contributed by atoms with Crippen LogP contribution in [0.15, 0.2) is 30.3 Å². The molecule has 2 aliphatic rings. The van der Waals surface area contributed by atoms with Crippen molar-refractivity contribution < 1.29 is 18.0 Å². The molecule has 0 spiro atoms. The van der Waals surface area contributed by atoms with E-state index >= 15 is 0 Å². The molecule has 0 N–H and O–H groups in total. The van der Waals surface area contributed by atoms with Crippen molar-refractivity contribution in [1.82, 2.24) is 24.5 Å². The maximum atomic E-state index is 13.9. The number of hydrogen-bond acceptors (Lipinski definition) is 4. The summed E-state index contributed by atoms with van der Waals surface area (Å²) in [5, 5.41) is 4.41. The predicted octanol–water partition coefficient (Wildman–Crippen LogP) is 5.50. The van der Waals surface area contributed by atoms with Gasteiger partial charge in [0.25, 0.3) is 11.7 Å². The van der Waals surface area contributed by atoms with Crippen molar-refractivity contribution in [3.8, 4) is 11.3 Å². The van der Waals surface area contributed by atoms with Crippen molar-refractivity contribution in [2.45, 2.75) is 52.3 Å². The van der Waals surface area contributed by atoms with Gasteiger partial charge in [-0.25, -0.2) is 4.98 Å². The molecule has 2 bridgehead atoms. The zero-order valence-electron chi connectivity index (χ0n) is 18.4. The first kappa shape index (κ1) is 22.1. The smallest absolute Gasteiger partial charge is 0.332 e. The van der Waals surface area contributed by atoms with Crippen LogP contribution >= 0.6 is 11.6 Å². The molecule has 1 saturated carbocycles. The summed E-state index contributed by atoms with van der Waals surface area (Å²) in [4.78, 5) is 23.5. The van der Waals surface area contributed by atoms with Gasteiger partial charge in [-0.3, -0.25) is 4.79 Å². The van der Waals surface area contributed by atoms with Crippen molar-refractivity contribution in [3.63, 3.8) is 0 Å². The topological polar surface area (TPSA) is 63.4 Å². The minimum Gasteiger partial charge on any atom is -0.332 e. The highest BCUT2D eigenvalue weighted by Crippen LogP contribution is 2.52. The molecule has 174 valence electrons. The van der Waals surface area contributed by atoms with E-state index in [0.29, 0.717) is 21.6 Å². The van der Waals surface area contributed by atoms with Gasteiger partial charge < -0.3 is 4.90 Å². The minimum absolute atomic E-state index is 0.0155. The maximum Gasteiger partial charge on any atom is 0.433 e. The third kappa shape index (κ3) is 3.96. The lowest BCUT2D eigenvalue weighted by atomic mass is 9.65. The van der Waals surface area contributed by atoms with Gasteiger partial charge in [0.2, 0.25) is 5.82 Å². The number of carbonyl (C=O) groups excluding carboxylic acids is 1. The standard InChI is InChI=1S/C23H23ClF3N5O/c1-21(2)9-15-10-22(3,11-21)12-31(15)19(33)18-29-20-28-16(13-4-6-14(24)7-5-13)8-17(23(25,26)27)32(20)30-18/h4-8,15H,9-12H2,1-3H3/t15-,22+/m0/s1. The van der Waals surface area contributed by atoms with Crippen LogP contribution in [0.3, 0.4) is 0 Å². The molecule has 0 radical (unpaired) electrons. The Balaban J connectivity index is 1.56. The summed E-state index contributed by atoms with van der Waals surface area (Å²) in [5.41, 5.74) is -0.441. The maximum absolute atomic E-state index is 13.9. The summed E-state index contributed by atoms with van der Waals surface area (Å²) >= 11 is 5.90. The van der Waals surface area contributed by atoms with Crippen molar-refractivity contribution in [2.75, 3.05) is 6.54 Å². The van der Waals surface area contributed by atoms with Crippen LogP contribution in [-0.4, -0.2) is 43.0 Å². The van der Waals surface area contributed by atoms with Crippen molar-refractivity contribution in [1.29, 1.82) is 0 Å². The Hall–Kier alpha value is -2.68. The Labute approximate surface area is 193 Å². The second-order valence-electron chi connectivity index (χ2n) is 10.3. The van der Waals surface area contributed by atoms with Crippen LogP contribution in [-0.2, 0) is 6.18 Å². The van der Waals surface area contributed by atoms with Gasteiger partial charge in [0, 0.05) is 23.2 Å². The lowest BCUT2D eigenvalue weighted by Gasteiger charge is -2.39. The highest BCUT2D eigenvalue weighted by Gasteiger charge is 2.51. The molecule has 3 aromatic rings. The van der Waals surface area contributed by atoms with E-state index in [9.17, 15) is 18.0 Å². The fraction of sp³-hybridized carbons (Fsp3) is 0.478. The first-order valence-electron chi connectivity index (χ1n) is 10.8. The predicted molar refractivity (Wildman–Crippen MR) is 117 cm³/mol. The zero-order valence-corrected chi connectivity index (χ0v) is 19.2. The molecule has 6 nitrogen and oxygen atoms in total. The van der Waals surface area contributed by atoms with Crippen molar-refractivity contribution >= 4 is 23.3 Å². The van der Waals surface area contributed by atoms with Crippen molar-refractivity contribution in [3.05, 3.63) is 46.9 Å². The van der Waals surface area contributed by atoms with Gasteiger partial charge in [0.1, 0.15) is 0 Å². The molecule has 2 fully saturated rings. The van der Waals surface area contributed by atoms with Crippen LogP contribution in [0.1, 0.15) is 56.3 Å². The summed E-state index contributed by atoms with van der Waals surface area (Å²) in [6.45, 7) is 7.08. The molecule has 2 aromatic heterocycles. The number of aromatic nitrogens is 4. The quantitative estimate of drug-likeness (QED) is 0.488. The van der Waals surface area contributed by atoms with Crippen LogP contribution in [0.2, 0.25) is 5.02 Å². The van der Waals surface area contributed by atoms with Gasteiger partial charge in [0.05, 0.1) is 5.69 Å². The molecule has 3 heterocycles. The Bertz CT molecular complexity index is 1250. The third-order valence-corrected chi connectivity index (χ3v) is 6.86. The van der Waals surface area contributed by atoms with Crippen molar-refractivity contribution in [2.24, 2.45) is 10.8 Å². The first-order chi connectivity index (χ1) is 15.3. The number of halogens is 4. The van der Waals surface area contributed by atoms with E-state index in [1.807, 2.05) is 0 Å². The molecule has 0 unspecified atom stereocenters. The molecule has 1 aliphatic heterocycles. The third-order valence-electron chi connectivity index (χ3n) is 6.61. The number of carbonyl (C=O) groups is 1. The Morgan fingerprint density at radius 2 is 1.82 bits per heavy atom. The van der Waals surface area contributed by atoms with E-state index in [-0.39, 0.29) is 34.2 Å². The monoisotopic (exact) mass is 477 g/mol. The summed E-state index contributed by atoms with van der Waals surface area (Å²) in [6.07, 6.45) is -2.00. The molecule has 1 aliphatic carbocycles. The molecular weight excluding hydrogens is 455 g/mol. The number of amides is 1. The summed E-state index contributed by atoms with van der Waals surface area (Å²) in [6, 6.07) is 7.24.